The second-order valence-corrected chi connectivity index (χ2v) is 4.69. The van der Waals surface area contributed by atoms with Crippen LogP contribution in [0.2, 0.25) is 0 Å². The number of aromatic carboxylic acids is 1. The van der Waals surface area contributed by atoms with Crippen molar-refractivity contribution in [2.24, 2.45) is 0 Å². The zero-order valence-electron chi connectivity index (χ0n) is 11.4. The van der Waals surface area contributed by atoms with E-state index in [1.54, 1.807) is 0 Å². The molecule has 0 aliphatic rings. The molecule has 0 bridgehead atoms. The number of unbranched alkanes of at least 4 members (excludes halogenated alkanes) is 5. The van der Waals surface area contributed by atoms with Crippen molar-refractivity contribution in [3.05, 3.63) is 29.6 Å². The first-order valence-corrected chi connectivity index (χ1v) is 6.92. The molecule has 0 aromatic heterocycles. The van der Waals surface area contributed by atoms with Crippen LogP contribution in [0.25, 0.3) is 0 Å². The molecule has 4 heteroatoms. The van der Waals surface area contributed by atoms with Gasteiger partial charge in [-0.1, -0.05) is 39.0 Å². The quantitative estimate of drug-likeness (QED) is 0.656. The van der Waals surface area contributed by atoms with Gasteiger partial charge in [-0.05, 0) is 24.6 Å². The summed E-state index contributed by atoms with van der Waals surface area (Å²) in [4.78, 5) is 10.8. The summed E-state index contributed by atoms with van der Waals surface area (Å²) in [6.07, 6.45) is 7.04. The summed E-state index contributed by atoms with van der Waals surface area (Å²) in [5.74, 6) is -1.45. The molecule has 0 saturated heterocycles. The van der Waals surface area contributed by atoms with Gasteiger partial charge in [-0.3, -0.25) is 0 Å². The van der Waals surface area contributed by atoms with Crippen molar-refractivity contribution in [1.82, 2.24) is 0 Å². The van der Waals surface area contributed by atoms with Crippen molar-refractivity contribution in [1.29, 1.82) is 0 Å². The van der Waals surface area contributed by atoms with Crippen molar-refractivity contribution >= 4 is 11.7 Å². The Balaban J connectivity index is 2.32. The van der Waals surface area contributed by atoms with Crippen molar-refractivity contribution in [3.63, 3.8) is 0 Å². The number of rotatable bonds is 9. The van der Waals surface area contributed by atoms with E-state index in [2.05, 4.69) is 12.2 Å². The molecule has 0 spiro atoms. The molecule has 0 aliphatic carbocycles. The summed E-state index contributed by atoms with van der Waals surface area (Å²) in [6, 6.07) is 3.80. The monoisotopic (exact) mass is 267 g/mol. The van der Waals surface area contributed by atoms with Gasteiger partial charge >= 0.3 is 5.97 Å². The van der Waals surface area contributed by atoms with Crippen LogP contribution in [-0.2, 0) is 0 Å². The summed E-state index contributed by atoms with van der Waals surface area (Å²) < 4.78 is 13.5. The van der Waals surface area contributed by atoms with Crippen molar-refractivity contribution in [2.75, 3.05) is 11.9 Å². The van der Waals surface area contributed by atoms with Crippen LogP contribution in [0.15, 0.2) is 18.2 Å². The lowest BCUT2D eigenvalue weighted by molar-refractivity contribution is 0.0697. The van der Waals surface area contributed by atoms with Crippen molar-refractivity contribution in [3.8, 4) is 0 Å². The molecule has 2 N–H and O–H groups in total. The Bertz CT molecular complexity index is 407. The van der Waals surface area contributed by atoms with E-state index in [1.807, 2.05) is 0 Å². The Labute approximate surface area is 113 Å². The Morgan fingerprint density at radius 2 is 1.89 bits per heavy atom. The number of hydrogen-bond donors (Lipinski definition) is 2. The average molecular weight is 267 g/mol. The van der Waals surface area contributed by atoms with Crippen LogP contribution in [0.4, 0.5) is 10.1 Å². The highest BCUT2D eigenvalue weighted by Gasteiger charge is 2.07. The highest BCUT2D eigenvalue weighted by atomic mass is 19.1. The molecular weight excluding hydrogens is 245 g/mol. The average Bonchev–Trinajstić information content (AvgIpc) is 2.39. The number of carboxylic acid groups (broad SMARTS) is 1. The van der Waals surface area contributed by atoms with Gasteiger partial charge in [0.05, 0.1) is 11.3 Å². The molecule has 0 fully saturated rings. The van der Waals surface area contributed by atoms with Crippen molar-refractivity contribution < 1.29 is 14.3 Å². The van der Waals surface area contributed by atoms with Gasteiger partial charge in [0.1, 0.15) is 5.82 Å². The van der Waals surface area contributed by atoms with Gasteiger partial charge in [0, 0.05) is 6.54 Å². The minimum atomic E-state index is -1.04. The number of carboxylic acids is 1. The molecule has 0 radical (unpaired) electrons. The SMILES string of the molecule is CCCCCCCCNc1cc(C(=O)O)ccc1F. The minimum Gasteiger partial charge on any atom is -0.478 e. The van der Waals surface area contributed by atoms with E-state index in [0.29, 0.717) is 6.54 Å². The van der Waals surface area contributed by atoms with E-state index in [4.69, 9.17) is 5.11 Å². The third kappa shape index (κ3) is 5.73. The Kier molecular flexibility index (Phi) is 6.93. The van der Waals surface area contributed by atoms with E-state index in [9.17, 15) is 9.18 Å². The van der Waals surface area contributed by atoms with Gasteiger partial charge in [0.15, 0.2) is 0 Å². The molecule has 0 atom stereocenters. The summed E-state index contributed by atoms with van der Waals surface area (Å²) in [7, 11) is 0. The first-order valence-electron chi connectivity index (χ1n) is 6.92. The van der Waals surface area contributed by atoms with Gasteiger partial charge in [0.25, 0.3) is 0 Å². The van der Waals surface area contributed by atoms with Crippen LogP contribution < -0.4 is 5.32 Å². The highest BCUT2D eigenvalue weighted by molar-refractivity contribution is 5.88. The summed E-state index contributed by atoms with van der Waals surface area (Å²) >= 11 is 0. The van der Waals surface area contributed by atoms with Gasteiger partial charge < -0.3 is 10.4 Å². The second-order valence-electron chi connectivity index (χ2n) is 4.69. The van der Waals surface area contributed by atoms with Crippen LogP contribution in [0.3, 0.4) is 0 Å². The highest BCUT2D eigenvalue weighted by Crippen LogP contribution is 2.16. The molecule has 1 rings (SSSR count). The van der Waals surface area contributed by atoms with E-state index >= 15 is 0 Å². The lowest BCUT2D eigenvalue weighted by Gasteiger charge is -2.08. The second kappa shape index (κ2) is 8.51. The summed E-state index contributed by atoms with van der Waals surface area (Å²) in [5.41, 5.74) is 0.375. The Morgan fingerprint density at radius 3 is 2.58 bits per heavy atom. The fourth-order valence-electron chi connectivity index (χ4n) is 1.92. The predicted molar refractivity (Wildman–Crippen MR) is 75.2 cm³/mol. The van der Waals surface area contributed by atoms with Crippen LogP contribution in [-0.4, -0.2) is 17.6 Å². The number of anilines is 1. The maximum atomic E-state index is 13.5. The van der Waals surface area contributed by atoms with E-state index < -0.39 is 11.8 Å². The van der Waals surface area contributed by atoms with Crippen LogP contribution in [0.5, 0.6) is 0 Å². The lowest BCUT2D eigenvalue weighted by Crippen LogP contribution is -2.05. The fraction of sp³-hybridized carbons (Fsp3) is 0.533. The summed E-state index contributed by atoms with van der Waals surface area (Å²) in [6.45, 7) is 2.85. The molecule has 0 aliphatic heterocycles. The molecule has 0 unspecified atom stereocenters. The van der Waals surface area contributed by atoms with Gasteiger partial charge in [-0.25, -0.2) is 9.18 Å². The number of benzene rings is 1. The zero-order valence-corrected chi connectivity index (χ0v) is 11.4. The summed E-state index contributed by atoms with van der Waals surface area (Å²) in [5, 5.41) is 11.8. The van der Waals surface area contributed by atoms with Gasteiger partial charge in [0.2, 0.25) is 0 Å². The molecule has 3 nitrogen and oxygen atoms in total. The third-order valence-electron chi connectivity index (χ3n) is 3.06. The first-order chi connectivity index (χ1) is 9.15. The number of carbonyl (C=O) groups is 1. The molecule has 0 saturated carbocycles. The van der Waals surface area contributed by atoms with Crippen LogP contribution >= 0.6 is 0 Å². The molecule has 0 heterocycles. The van der Waals surface area contributed by atoms with E-state index in [0.717, 1.165) is 12.8 Å². The molecule has 1 aromatic carbocycles. The fourth-order valence-corrected chi connectivity index (χ4v) is 1.92. The lowest BCUT2D eigenvalue weighted by atomic mass is 10.1. The van der Waals surface area contributed by atoms with Crippen LogP contribution in [0.1, 0.15) is 55.8 Å². The number of nitrogens with one attached hydrogen (secondary N) is 1. The van der Waals surface area contributed by atoms with Crippen LogP contribution in [0, 0.1) is 5.82 Å². The maximum Gasteiger partial charge on any atom is 0.335 e. The zero-order chi connectivity index (χ0) is 14.1. The first kappa shape index (κ1) is 15.5. The standard InChI is InChI=1S/C15H22FNO2/c1-2-3-4-5-6-7-10-17-14-11-12(15(18)19)8-9-13(14)16/h8-9,11,17H,2-7,10H2,1H3,(H,18,19). The number of hydrogen-bond acceptors (Lipinski definition) is 2. The smallest absolute Gasteiger partial charge is 0.335 e. The Hall–Kier alpha value is -1.58. The molecule has 106 valence electrons. The van der Waals surface area contributed by atoms with Crippen molar-refractivity contribution in [2.45, 2.75) is 45.4 Å². The molecular formula is C15H22FNO2. The molecule has 0 amide bonds. The van der Waals surface area contributed by atoms with Gasteiger partial charge in [-0.2, -0.15) is 0 Å². The minimum absolute atomic E-state index is 0.104. The predicted octanol–water partition coefficient (Wildman–Crippen LogP) is 4.30. The third-order valence-corrected chi connectivity index (χ3v) is 3.06. The van der Waals surface area contributed by atoms with E-state index in [1.165, 1.54) is 43.9 Å². The number of halogens is 1. The van der Waals surface area contributed by atoms with Gasteiger partial charge in [-0.15, -0.1) is 0 Å². The largest absolute Gasteiger partial charge is 0.478 e. The topological polar surface area (TPSA) is 49.3 Å². The Morgan fingerprint density at radius 1 is 1.21 bits per heavy atom. The normalized spacial score (nSPS) is 10.4. The van der Waals surface area contributed by atoms with E-state index in [-0.39, 0.29) is 11.3 Å². The molecule has 19 heavy (non-hydrogen) atoms. The molecule has 1 aromatic rings. The maximum absolute atomic E-state index is 13.5.